The molecule has 6 aromatic rings. The molecule has 0 saturated heterocycles. The van der Waals surface area contributed by atoms with Crippen molar-refractivity contribution >= 4 is 49.4 Å². The number of pyridine rings is 1. The summed E-state index contributed by atoms with van der Waals surface area (Å²) in [6, 6.07) is 42.8. The van der Waals surface area contributed by atoms with Crippen molar-refractivity contribution in [2.24, 2.45) is 0 Å². The molecule has 10 rings (SSSR count). The second-order valence-corrected chi connectivity index (χ2v) is 14.7. The molecule has 52 heavy (non-hydrogen) atoms. The zero-order chi connectivity index (χ0) is 34.4. The lowest BCUT2D eigenvalue weighted by atomic mass is 9.79. The first-order chi connectivity index (χ1) is 25.8. The van der Waals surface area contributed by atoms with Gasteiger partial charge in [-0.25, -0.2) is 0 Å². The minimum Gasteiger partial charge on any atom is -0.256 e. The second-order valence-electron chi connectivity index (χ2n) is 14.7. The van der Waals surface area contributed by atoms with E-state index >= 15 is 0 Å². The number of fused-ring (bicyclic) bond motifs is 3. The molecule has 0 unspecified atom stereocenters. The monoisotopic (exact) mass is 667 g/mol. The molecule has 1 aromatic heterocycles. The van der Waals surface area contributed by atoms with Gasteiger partial charge in [-0.1, -0.05) is 140 Å². The Morgan fingerprint density at radius 3 is 1.73 bits per heavy atom. The summed E-state index contributed by atoms with van der Waals surface area (Å²) in [5.74, 6) is 0. The van der Waals surface area contributed by atoms with Gasteiger partial charge in [0, 0.05) is 6.20 Å². The van der Waals surface area contributed by atoms with Gasteiger partial charge in [-0.15, -0.1) is 0 Å². The predicted molar refractivity (Wildman–Crippen MR) is 220 cm³/mol. The van der Waals surface area contributed by atoms with Crippen molar-refractivity contribution in [2.75, 3.05) is 0 Å². The van der Waals surface area contributed by atoms with Gasteiger partial charge in [0.05, 0.1) is 5.69 Å². The standard InChI is InChI=1S/C51H41N/c1-2-13-36(14-3-1)41-29-30-48(43-17-7-6-16-42(41)43)51-46-20-10-8-18-44(46)50(45-19-9-11-21-47(45)51)37-25-22-35(23-26-37)40-28-31-49(52-33-40)39-27-24-34-12-4-5-15-38(34)32-39/h1-4,6-14,16-22,25,28,31-33H,5,15,23-24,26-27,29-30H2. The number of benzene rings is 5. The molecule has 0 aliphatic heterocycles. The highest BCUT2D eigenvalue weighted by Crippen LogP contribution is 2.44. The summed E-state index contributed by atoms with van der Waals surface area (Å²) in [5, 5.41) is 8.13. The molecule has 1 nitrogen and oxygen atoms in total. The zero-order valence-corrected chi connectivity index (χ0v) is 29.5. The Balaban J connectivity index is 1.07. The highest BCUT2D eigenvalue weighted by molar-refractivity contribution is 6.16. The zero-order valence-electron chi connectivity index (χ0n) is 29.5. The van der Waals surface area contributed by atoms with E-state index in [1.165, 1.54) is 93.2 Å². The van der Waals surface area contributed by atoms with Crippen LogP contribution in [0.4, 0.5) is 0 Å². The van der Waals surface area contributed by atoms with Crippen LogP contribution >= 0.6 is 0 Å². The smallest absolute Gasteiger partial charge is 0.0662 e. The van der Waals surface area contributed by atoms with Gasteiger partial charge in [-0.05, 0) is 151 Å². The average Bonchev–Trinajstić information content (AvgIpc) is 3.23. The summed E-state index contributed by atoms with van der Waals surface area (Å²) in [7, 11) is 0. The Bertz CT molecular complexity index is 2640. The van der Waals surface area contributed by atoms with Crippen molar-refractivity contribution in [1.29, 1.82) is 0 Å². The quantitative estimate of drug-likeness (QED) is 0.167. The highest BCUT2D eigenvalue weighted by atomic mass is 14.7. The third-order valence-electron chi connectivity index (χ3n) is 11.8. The SMILES string of the molecule is C1=CC2=C(C=C(c3ccc(C4=CC=C(c5c6ccccc6c(C6=c7ccccc7=C(c7ccccc7)CC6)c6ccccc56)CC4)cn3)CC2)CC1. The fraction of sp³-hybridized carbons (Fsp3) is 0.157. The summed E-state index contributed by atoms with van der Waals surface area (Å²) in [6.07, 6.45) is 22.5. The molecular formula is C51H41N. The van der Waals surface area contributed by atoms with Crippen molar-refractivity contribution in [3.8, 4) is 0 Å². The lowest BCUT2D eigenvalue weighted by Gasteiger charge is -2.24. The number of aromatic nitrogens is 1. The molecule has 0 N–H and O–H groups in total. The predicted octanol–water partition coefficient (Wildman–Crippen LogP) is 11.7. The van der Waals surface area contributed by atoms with Crippen LogP contribution in [0.15, 0.2) is 163 Å². The average molecular weight is 668 g/mol. The molecule has 0 amide bonds. The van der Waals surface area contributed by atoms with E-state index in [2.05, 4.69) is 152 Å². The van der Waals surface area contributed by atoms with Gasteiger partial charge in [0.2, 0.25) is 0 Å². The van der Waals surface area contributed by atoms with Gasteiger partial charge in [0.25, 0.3) is 0 Å². The Kier molecular flexibility index (Phi) is 7.79. The maximum Gasteiger partial charge on any atom is 0.0662 e. The minimum atomic E-state index is 1.01. The maximum absolute atomic E-state index is 4.99. The summed E-state index contributed by atoms with van der Waals surface area (Å²) in [6.45, 7) is 0. The van der Waals surface area contributed by atoms with Crippen molar-refractivity contribution in [2.45, 2.75) is 51.4 Å². The Morgan fingerprint density at radius 2 is 1.04 bits per heavy atom. The summed E-state index contributed by atoms with van der Waals surface area (Å²) in [4.78, 5) is 4.99. The molecule has 0 fully saturated rings. The van der Waals surface area contributed by atoms with Gasteiger partial charge >= 0.3 is 0 Å². The van der Waals surface area contributed by atoms with Crippen molar-refractivity contribution in [3.63, 3.8) is 0 Å². The topological polar surface area (TPSA) is 12.9 Å². The van der Waals surface area contributed by atoms with Crippen LogP contribution in [0.2, 0.25) is 0 Å². The third kappa shape index (κ3) is 5.35. The van der Waals surface area contributed by atoms with E-state index in [0.29, 0.717) is 0 Å². The number of allylic oxidation sites excluding steroid dienone is 10. The molecule has 4 aliphatic rings. The van der Waals surface area contributed by atoms with Crippen LogP contribution in [0.1, 0.15) is 79.3 Å². The fourth-order valence-corrected chi connectivity index (χ4v) is 9.28. The van der Waals surface area contributed by atoms with Crippen LogP contribution in [0.5, 0.6) is 0 Å². The van der Waals surface area contributed by atoms with Crippen molar-refractivity contribution in [1.82, 2.24) is 4.98 Å². The van der Waals surface area contributed by atoms with E-state index in [1.54, 1.807) is 0 Å². The lowest BCUT2D eigenvalue weighted by molar-refractivity contribution is 0.890. The van der Waals surface area contributed by atoms with Gasteiger partial charge in [-0.3, -0.25) is 4.98 Å². The molecule has 1 heterocycles. The largest absolute Gasteiger partial charge is 0.256 e. The van der Waals surface area contributed by atoms with E-state index in [1.807, 2.05) is 0 Å². The first kappa shape index (κ1) is 31.0. The van der Waals surface area contributed by atoms with Crippen LogP contribution in [0, 0.1) is 0 Å². The van der Waals surface area contributed by atoms with E-state index in [-0.39, 0.29) is 0 Å². The molecule has 5 aromatic carbocycles. The number of rotatable bonds is 5. The van der Waals surface area contributed by atoms with Gasteiger partial charge < -0.3 is 0 Å². The normalized spacial score (nSPS) is 17.1. The first-order valence-corrected chi connectivity index (χ1v) is 19.1. The summed E-state index contributed by atoms with van der Waals surface area (Å²) >= 11 is 0. The van der Waals surface area contributed by atoms with E-state index < -0.39 is 0 Å². The van der Waals surface area contributed by atoms with Crippen LogP contribution in [0.3, 0.4) is 0 Å². The summed E-state index contributed by atoms with van der Waals surface area (Å²) in [5.41, 5.74) is 16.6. The fourth-order valence-electron chi connectivity index (χ4n) is 9.28. The molecule has 250 valence electrons. The molecular weight excluding hydrogens is 627 g/mol. The third-order valence-corrected chi connectivity index (χ3v) is 11.8. The first-order valence-electron chi connectivity index (χ1n) is 19.1. The minimum absolute atomic E-state index is 1.01. The van der Waals surface area contributed by atoms with E-state index in [4.69, 9.17) is 4.98 Å². The van der Waals surface area contributed by atoms with Crippen molar-refractivity contribution in [3.05, 3.63) is 201 Å². The number of nitrogens with zero attached hydrogens (tertiary/aromatic N) is 1. The van der Waals surface area contributed by atoms with Crippen LogP contribution < -0.4 is 10.4 Å². The van der Waals surface area contributed by atoms with Gasteiger partial charge in [0.1, 0.15) is 0 Å². The Hall–Kier alpha value is -5.79. The van der Waals surface area contributed by atoms with Crippen LogP contribution in [-0.2, 0) is 0 Å². The number of hydrogen-bond acceptors (Lipinski definition) is 1. The number of hydrogen-bond donors (Lipinski definition) is 0. The van der Waals surface area contributed by atoms with Crippen LogP contribution in [-0.4, -0.2) is 4.98 Å². The van der Waals surface area contributed by atoms with Crippen LogP contribution in [0.25, 0.3) is 49.4 Å². The Morgan fingerprint density at radius 1 is 0.423 bits per heavy atom. The molecule has 4 aliphatic carbocycles. The molecule has 0 bridgehead atoms. The lowest BCUT2D eigenvalue weighted by Crippen LogP contribution is -2.32. The molecule has 0 saturated carbocycles. The maximum atomic E-state index is 4.99. The van der Waals surface area contributed by atoms with E-state index in [0.717, 1.165) is 57.1 Å². The molecule has 1 heteroatoms. The van der Waals surface area contributed by atoms with E-state index in [9.17, 15) is 0 Å². The molecule has 0 radical (unpaired) electrons. The Labute approximate surface area is 306 Å². The van der Waals surface area contributed by atoms with Gasteiger partial charge in [-0.2, -0.15) is 0 Å². The van der Waals surface area contributed by atoms with Gasteiger partial charge in [0.15, 0.2) is 0 Å². The highest BCUT2D eigenvalue weighted by Gasteiger charge is 2.23. The second kappa shape index (κ2) is 13.1. The summed E-state index contributed by atoms with van der Waals surface area (Å²) < 4.78 is 0. The van der Waals surface area contributed by atoms with Crippen molar-refractivity contribution < 1.29 is 0 Å². The molecule has 0 atom stereocenters. The molecule has 0 spiro atoms.